The standard InChI is InChI=1S/C13H19BrN2O4/c1-19-7-5-15(6-8-20-2)12-3-4-13(16(17)18)11(9-12)10-14/h3-4,9H,5-8,10H2,1-2H3. The maximum atomic E-state index is 10.9. The molecule has 20 heavy (non-hydrogen) atoms. The number of nitrogens with zero attached hydrogens (tertiary/aromatic N) is 2. The van der Waals surface area contributed by atoms with E-state index in [1.807, 2.05) is 6.07 Å². The Morgan fingerprint density at radius 1 is 1.25 bits per heavy atom. The van der Waals surface area contributed by atoms with Gasteiger partial charge in [0.25, 0.3) is 5.69 Å². The number of hydrogen-bond donors (Lipinski definition) is 0. The van der Waals surface area contributed by atoms with Crippen molar-refractivity contribution in [3.05, 3.63) is 33.9 Å². The molecule has 0 spiro atoms. The third-order valence-electron chi connectivity index (χ3n) is 2.90. The van der Waals surface area contributed by atoms with Crippen LogP contribution in [0.1, 0.15) is 5.56 Å². The molecule has 0 fully saturated rings. The molecule has 0 aliphatic rings. The summed E-state index contributed by atoms with van der Waals surface area (Å²) in [7, 11) is 3.29. The number of ether oxygens (including phenoxy) is 2. The van der Waals surface area contributed by atoms with Crippen molar-refractivity contribution in [2.24, 2.45) is 0 Å². The predicted octanol–water partition coefficient (Wildman–Crippen LogP) is 2.59. The summed E-state index contributed by atoms with van der Waals surface area (Å²) in [5.41, 5.74) is 1.72. The molecule has 0 amide bonds. The van der Waals surface area contributed by atoms with Crippen molar-refractivity contribution in [1.82, 2.24) is 0 Å². The summed E-state index contributed by atoms with van der Waals surface area (Å²) in [6.07, 6.45) is 0. The second kappa shape index (κ2) is 8.89. The number of methoxy groups -OCH3 is 2. The summed E-state index contributed by atoms with van der Waals surface area (Å²) in [5.74, 6) is 0. The Hall–Kier alpha value is -1.18. The lowest BCUT2D eigenvalue weighted by atomic mass is 10.1. The quantitative estimate of drug-likeness (QED) is 0.390. The van der Waals surface area contributed by atoms with Crippen molar-refractivity contribution in [3.8, 4) is 0 Å². The Labute approximate surface area is 126 Å². The van der Waals surface area contributed by atoms with Crippen LogP contribution in [0.5, 0.6) is 0 Å². The lowest BCUT2D eigenvalue weighted by Gasteiger charge is -2.24. The minimum atomic E-state index is -0.366. The zero-order valence-corrected chi connectivity index (χ0v) is 13.3. The van der Waals surface area contributed by atoms with E-state index in [0.717, 1.165) is 5.69 Å². The molecular formula is C13H19BrN2O4. The lowest BCUT2D eigenvalue weighted by molar-refractivity contribution is -0.385. The molecule has 0 radical (unpaired) electrons. The van der Waals surface area contributed by atoms with Gasteiger partial charge in [0, 0.05) is 50.0 Å². The van der Waals surface area contributed by atoms with Gasteiger partial charge in [-0.15, -0.1) is 0 Å². The van der Waals surface area contributed by atoms with Crippen molar-refractivity contribution in [2.75, 3.05) is 45.4 Å². The molecule has 1 aromatic carbocycles. The third-order valence-corrected chi connectivity index (χ3v) is 3.50. The van der Waals surface area contributed by atoms with E-state index < -0.39 is 0 Å². The average Bonchev–Trinajstić information content (AvgIpc) is 2.46. The summed E-state index contributed by atoms with van der Waals surface area (Å²) in [6, 6.07) is 5.13. The monoisotopic (exact) mass is 346 g/mol. The van der Waals surface area contributed by atoms with Gasteiger partial charge in [-0.2, -0.15) is 0 Å². The second-order valence-electron chi connectivity index (χ2n) is 4.18. The molecule has 0 heterocycles. The topological polar surface area (TPSA) is 64.8 Å². The number of rotatable bonds is 9. The Balaban J connectivity index is 2.97. The predicted molar refractivity (Wildman–Crippen MR) is 81.7 cm³/mol. The van der Waals surface area contributed by atoms with Crippen LogP contribution < -0.4 is 4.90 Å². The number of anilines is 1. The van der Waals surface area contributed by atoms with Gasteiger partial charge >= 0.3 is 0 Å². The molecule has 7 heteroatoms. The van der Waals surface area contributed by atoms with E-state index in [-0.39, 0.29) is 10.6 Å². The van der Waals surface area contributed by atoms with Crippen molar-refractivity contribution < 1.29 is 14.4 Å². The molecule has 0 atom stereocenters. The molecule has 112 valence electrons. The molecule has 0 aliphatic carbocycles. The van der Waals surface area contributed by atoms with Crippen LogP contribution in [-0.2, 0) is 14.8 Å². The van der Waals surface area contributed by atoms with E-state index in [1.54, 1.807) is 26.4 Å². The van der Waals surface area contributed by atoms with Gasteiger partial charge in [-0.1, -0.05) is 15.9 Å². The van der Waals surface area contributed by atoms with Gasteiger partial charge in [-0.3, -0.25) is 10.1 Å². The van der Waals surface area contributed by atoms with Gasteiger partial charge in [0.15, 0.2) is 0 Å². The van der Waals surface area contributed by atoms with Crippen LogP contribution in [0, 0.1) is 10.1 Å². The summed E-state index contributed by atoms with van der Waals surface area (Å²) in [5, 5.41) is 11.4. The van der Waals surface area contributed by atoms with Crippen LogP contribution in [0.4, 0.5) is 11.4 Å². The first-order valence-corrected chi connectivity index (χ1v) is 7.32. The number of halogens is 1. The first-order chi connectivity index (χ1) is 9.63. The van der Waals surface area contributed by atoms with Gasteiger partial charge in [0.1, 0.15) is 0 Å². The Morgan fingerprint density at radius 3 is 2.30 bits per heavy atom. The van der Waals surface area contributed by atoms with E-state index >= 15 is 0 Å². The van der Waals surface area contributed by atoms with Gasteiger partial charge < -0.3 is 14.4 Å². The van der Waals surface area contributed by atoms with Gasteiger partial charge in [-0.05, 0) is 12.1 Å². The highest BCUT2D eigenvalue weighted by Gasteiger charge is 2.15. The fraction of sp³-hybridized carbons (Fsp3) is 0.538. The molecule has 0 unspecified atom stereocenters. The maximum Gasteiger partial charge on any atom is 0.273 e. The molecule has 0 saturated carbocycles. The summed E-state index contributed by atoms with van der Waals surface area (Å²) in [4.78, 5) is 12.7. The fourth-order valence-corrected chi connectivity index (χ4v) is 2.28. The van der Waals surface area contributed by atoms with Crippen LogP contribution in [0.15, 0.2) is 18.2 Å². The van der Waals surface area contributed by atoms with Crippen molar-refractivity contribution in [3.63, 3.8) is 0 Å². The van der Waals surface area contributed by atoms with Crippen LogP contribution in [0.2, 0.25) is 0 Å². The van der Waals surface area contributed by atoms with E-state index in [4.69, 9.17) is 9.47 Å². The Bertz CT molecular complexity index is 434. The Morgan fingerprint density at radius 2 is 1.85 bits per heavy atom. The number of hydrogen-bond acceptors (Lipinski definition) is 5. The molecule has 1 aromatic rings. The minimum absolute atomic E-state index is 0.129. The zero-order chi connectivity index (χ0) is 15.0. The molecule has 0 bridgehead atoms. The van der Waals surface area contributed by atoms with E-state index in [0.29, 0.717) is 37.2 Å². The maximum absolute atomic E-state index is 10.9. The van der Waals surface area contributed by atoms with Crippen LogP contribution in [0.3, 0.4) is 0 Å². The van der Waals surface area contributed by atoms with Gasteiger partial charge in [0.2, 0.25) is 0 Å². The van der Waals surface area contributed by atoms with Crippen LogP contribution >= 0.6 is 15.9 Å². The molecule has 0 saturated heterocycles. The Kier molecular flexibility index (Phi) is 7.50. The number of nitro benzene ring substituents is 1. The van der Waals surface area contributed by atoms with Crippen molar-refractivity contribution in [1.29, 1.82) is 0 Å². The molecule has 6 nitrogen and oxygen atoms in total. The van der Waals surface area contributed by atoms with Gasteiger partial charge in [-0.25, -0.2) is 0 Å². The SMILES string of the molecule is COCCN(CCOC)c1ccc([N+](=O)[O-])c(CBr)c1. The highest BCUT2D eigenvalue weighted by molar-refractivity contribution is 9.08. The molecule has 0 aliphatic heterocycles. The summed E-state index contributed by atoms with van der Waals surface area (Å²) >= 11 is 3.29. The lowest BCUT2D eigenvalue weighted by Crippen LogP contribution is -2.30. The average molecular weight is 347 g/mol. The second-order valence-corrected chi connectivity index (χ2v) is 4.74. The van der Waals surface area contributed by atoms with Crippen molar-refractivity contribution in [2.45, 2.75) is 5.33 Å². The summed E-state index contributed by atoms with van der Waals surface area (Å²) in [6.45, 7) is 2.59. The smallest absolute Gasteiger partial charge is 0.273 e. The largest absolute Gasteiger partial charge is 0.383 e. The number of nitro groups is 1. The highest BCUT2D eigenvalue weighted by atomic mass is 79.9. The first-order valence-electron chi connectivity index (χ1n) is 6.20. The van der Waals surface area contributed by atoms with Crippen molar-refractivity contribution >= 4 is 27.3 Å². The van der Waals surface area contributed by atoms with Crippen LogP contribution in [-0.4, -0.2) is 45.4 Å². The van der Waals surface area contributed by atoms with E-state index in [1.165, 1.54) is 0 Å². The number of benzene rings is 1. The van der Waals surface area contributed by atoms with E-state index in [9.17, 15) is 10.1 Å². The number of alkyl halides is 1. The first kappa shape index (κ1) is 16.9. The minimum Gasteiger partial charge on any atom is -0.383 e. The molecular weight excluding hydrogens is 328 g/mol. The molecule has 0 N–H and O–H groups in total. The third kappa shape index (κ3) is 4.73. The zero-order valence-electron chi connectivity index (χ0n) is 11.7. The highest BCUT2D eigenvalue weighted by Crippen LogP contribution is 2.26. The summed E-state index contributed by atoms with van der Waals surface area (Å²) < 4.78 is 10.2. The molecule has 0 aromatic heterocycles. The fourth-order valence-electron chi connectivity index (χ4n) is 1.83. The van der Waals surface area contributed by atoms with E-state index in [2.05, 4.69) is 20.8 Å². The van der Waals surface area contributed by atoms with Crippen LogP contribution in [0.25, 0.3) is 0 Å². The normalized spacial score (nSPS) is 10.6. The van der Waals surface area contributed by atoms with Gasteiger partial charge in [0.05, 0.1) is 18.1 Å². The molecule has 1 rings (SSSR count).